The first-order valence-corrected chi connectivity index (χ1v) is 12.7. The lowest BCUT2D eigenvalue weighted by molar-refractivity contribution is -0.152. The van der Waals surface area contributed by atoms with Crippen LogP contribution in [0.15, 0.2) is 0 Å². The highest BCUT2D eigenvalue weighted by atomic mass is 16.4. The molecule has 0 bridgehead atoms. The van der Waals surface area contributed by atoms with Gasteiger partial charge in [0.2, 0.25) is 35.4 Å². The fourth-order valence-corrected chi connectivity index (χ4v) is 4.54. The molecule has 39 heavy (non-hydrogen) atoms. The van der Waals surface area contributed by atoms with Crippen LogP contribution in [-0.2, 0) is 33.6 Å². The zero-order chi connectivity index (χ0) is 29.4. The Kier molecular flexibility index (Phi) is 11.2. The molecule has 0 unspecified atom stereocenters. The van der Waals surface area contributed by atoms with Crippen LogP contribution in [-0.4, -0.2) is 117 Å². The van der Waals surface area contributed by atoms with E-state index >= 15 is 0 Å². The van der Waals surface area contributed by atoms with Crippen LogP contribution in [0.5, 0.6) is 0 Å². The van der Waals surface area contributed by atoms with Crippen LogP contribution in [0.1, 0.15) is 46.0 Å². The van der Waals surface area contributed by atoms with Crippen molar-refractivity contribution in [2.24, 2.45) is 11.5 Å². The van der Waals surface area contributed by atoms with Crippen molar-refractivity contribution in [1.82, 2.24) is 25.8 Å². The van der Waals surface area contributed by atoms with E-state index in [1.54, 1.807) is 0 Å². The minimum absolute atomic E-state index is 0.128. The number of carboxylic acid groups (broad SMARTS) is 1. The van der Waals surface area contributed by atoms with Gasteiger partial charge >= 0.3 is 5.97 Å². The van der Waals surface area contributed by atoms with Crippen molar-refractivity contribution < 1.29 is 43.8 Å². The van der Waals surface area contributed by atoms with Crippen LogP contribution in [0.4, 0.5) is 0 Å². The first-order valence-electron chi connectivity index (χ1n) is 12.7. The van der Waals surface area contributed by atoms with E-state index in [9.17, 15) is 43.8 Å². The van der Waals surface area contributed by atoms with Crippen molar-refractivity contribution in [2.45, 2.75) is 82.2 Å². The molecule has 6 atom stereocenters. The molecule has 6 amide bonds. The van der Waals surface area contributed by atoms with E-state index in [2.05, 4.69) is 16.0 Å². The SMILES string of the molecule is C[C@H](N)C(=O)N[C@@H](C)C(=O)N[C@@H](CO)C(=O)N[C@@H](CC(N)=O)C(=O)N1CCC[C@H]1C(=O)N1CCC[C@H]1C(=O)O. The third-order valence-electron chi connectivity index (χ3n) is 6.64. The van der Waals surface area contributed by atoms with Gasteiger partial charge in [0.15, 0.2) is 0 Å². The molecular weight excluding hydrogens is 518 g/mol. The molecule has 16 heteroatoms. The minimum atomic E-state index is -1.55. The molecule has 0 aromatic heterocycles. The number of carboxylic acids is 1. The van der Waals surface area contributed by atoms with Gasteiger partial charge in [-0.1, -0.05) is 0 Å². The second-order valence-electron chi connectivity index (χ2n) is 9.71. The van der Waals surface area contributed by atoms with Crippen LogP contribution < -0.4 is 27.4 Å². The lowest BCUT2D eigenvalue weighted by Gasteiger charge is -2.32. The zero-order valence-electron chi connectivity index (χ0n) is 21.9. The number of nitrogens with zero attached hydrogens (tertiary/aromatic N) is 2. The summed E-state index contributed by atoms with van der Waals surface area (Å²) in [5.74, 6) is -5.84. The second-order valence-corrected chi connectivity index (χ2v) is 9.71. The maximum atomic E-state index is 13.4. The summed E-state index contributed by atoms with van der Waals surface area (Å²) in [6.45, 7) is 2.23. The molecule has 9 N–H and O–H groups in total. The number of hydrogen-bond donors (Lipinski definition) is 7. The number of aliphatic carboxylic acids is 1. The fraction of sp³-hybridized carbons (Fsp3) is 0.696. The number of amides is 6. The van der Waals surface area contributed by atoms with E-state index in [4.69, 9.17) is 11.5 Å². The fourth-order valence-electron chi connectivity index (χ4n) is 4.54. The van der Waals surface area contributed by atoms with E-state index < -0.39 is 90.7 Å². The van der Waals surface area contributed by atoms with Crippen molar-refractivity contribution in [1.29, 1.82) is 0 Å². The highest BCUT2D eigenvalue weighted by Gasteiger charge is 2.44. The molecule has 0 aliphatic carbocycles. The quantitative estimate of drug-likeness (QED) is 0.122. The monoisotopic (exact) mass is 555 g/mol. The number of likely N-dealkylation sites (tertiary alicyclic amines) is 2. The first-order chi connectivity index (χ1) is 18.3. The molecule has 0 aromatic rings. The van der Waals surface area contributed by atoms with Crippen molar-refractivity contribution in [3.05, 3.63) is 0 Å². The Hall–Kier alpha value is -3.79. The predicted octanol–water partition coefficient (Wildman–Crippen LogP) is -4.26. The molecule has 0 spiro atoms. The number of aliphatic hydroxyl groups is 1. The van der Waals surface area contributed by atoms with Gasteiger partial charge in [0.1, 0.15) is 30.2 Å². The van der Waals surface area contributed by atoms with Gasteiger partial charge in [0.05, 0.1) is 19.1 Å². The van der Waals surface area contributed by atoms with E-state index in [1.165, 1.54) is 23.6 Å². The minimum Gasteiger partial charge on any atom is -0.480 e. The largest absolute Gasteiger partial charge is 0.480 e. The Morgan fingerprint density at radius 2 is 1.41 bits per heavy atom. The molecule has 2 saturated heterocycles. The summed E-state index contributed by atoms with van der Waals surface area (Å²) in [7, 11) is 0. The molecule has 0 radical (unpaired) electrons. The number of nitrogens with one attached hydrogen (secondary N) is 3. The molecule has 2 heterocycles. The summed E-state index contributed by atoms with van der Waals surface area (Å²) in [6, 6.07) is -7.03. The van der Waals surface area contributed by atoms with Crippen LogP contribution >= 0.6 is 0 Å². The smallest absolute Gasteiger partial charge is 0.326 e. The number of aliphatic hydroxyl groups excluding tert-OH is 1. The van der Waals surface area contributed by atoms with Gasteiger partial charge < -0.3 is 47.4 Å². The maximum absolute atomic E-state index is 13.4. The summed E-state index contributed by atoms with van der Waals surface area (Å²) >= 11 is 0. The van der Waals surface area contributed by atoms with Crippen molar-refractivity contribution >= 4 is 41.4 Å². The molecule has 0 saturated carbocycles. The zero-order valence-corrected chi connectivity index (χ0v) is 21.9. The third-order valence-corrected chi connectivity index (χ3v) is 6.64. The Balaban J connectivity index is 2.13. The van der Waals surface area contributed by atoms with Crippen LogP contribution in [0.3, 0.4) is 0 Å². The van der Waals surface area contributed by atoms with Gasteiger partial charge in [0, 0.05) is 13.1 Å². The van der Waals surface area contributed by atoms with Crippen molar-refractivity contribution in [2.75, 3.05) is 19.7 Å². The Morgan fingerprint density at radius 3 is 1.95 bits per heavy atom. The van der Waals surface area contributed by atoms with E-state index in [0.717, 1.165) is 0 Å². The third kappa shape index (κ3) is 8.10. The molecule has 2 aliphatic heterocycles. The molecular formula is C23H37N7O9. The van der Waals surface area contributed by atoms with Crippen molar-refractivity contribution in [3.63, 3.8) is 0 Å². The molecule has 2 fully saturated rings. The number of rotatable bonds is 12. The highest BCUT2D eigenvalue weighted by molar-refractivity contribution is 5.98. The topological polar surface area (TPSA) is 255 Å². The van der Waals surface area contributed by atoms with Crippen LogP contribution in [0, 0.1) is 0 Å². The van der Waals surface area contributed by atoms with Gasteiger partial charge in [0.25, 0.3) is 0 Å². The normalized spacial score (nSPS) is 21.8. The number of primary amides is 1. The summed E-state index contributed by atoms with van der Waals surface area (Å²) in [5.41, 5.74) is 10.7. The molecule has 218 valence electrons. The standard InChI is InChI=1S/C23H37N7O9/c1-11(24)18(33)26-12(2)19(34)28-14(10-31)20(35)27-13(9-17(25)32)21(36)29-7-3-5-15(29)22(37)30-8-4-6-16(30)23(38)39/h11-16,31H,3-10,24H2,1-2H3,(H2,25,32)(H,26,33)(H,27,35)(H,28,34)(H,38,39)/t11-,12-,13-,14-,15-,16-/m0/s1. The molecule has 0 aromatic carbocycles. The van der Waals surface area contributed by atoms with Gasteiger partial charge in [-0.2, -0.15) is 0 Å². The predicted molar refractivity (Wildman–Crippen MR) is 133 cm³/mol. The van der Waals surface area contributed by atoms with Gasteiger partial charge in [-0.3, -0.25) is 28.8 Å². The lowest BCUT2D eigenvalue weighted by Crippen LogP contribution is -2.60. The Morgan fingerprint density at radius 1 is 0.846 bits per heavy atom. The van der Waals surface area contributed by atoms with E-state index in [-0.39, 0.29) is 19.5 Å². The summed E-state index contributed by atoms with van der Waals surface area (Å²) < 4.78 is 0. The first kappa shape index (κ1) is 31.4. The molecule has 16 nitrogen and oxygen atoms in total. The van der Waals surface area contributed by atoms with E-state index in [0.29, 0.717) is 19.3 Å². The average Bonchev–Trinajstić information content (AvgIpc) is 3.55. The highest BCUT2D eigenvalue weighted by Crippen LogP contribution is 2.25. The van der Waals surface area contributed by atoms with Gasteiger partial charge in [-0.15, -0.1) is 0 Å². The van der Waals surface area contributed by atoms with Crippen molar-refractivity contribution in [3.8, 4) is 0 Å². The Bertz CT molecular complexity index is 989. The maximum Gasteiger partial charge on any atom is 0.326 e. The lowest BCUT2D eigenvalue weighted by atomic mass is 10.1. The summed E-state index contributed by atoms with van der Waals surface area (Å²) in [6.07, 6.45) is 0.877. The summed E-state index contributed by atoms with van der Waals surface area (Å²) in [4.78, 5) is 89.2. The number of carbonyl (C=O) groups excluding carboxylic acids is 6. The molecule has 2 aliphatic rings. The number of nitrogens with two attached hydrogens (primary N) is 2. The second kappa shape index (κ2) is 13.8. The van der Waals surface area contributed by atoms with Gasteiger partial charge in [-0.05, 0) is 39.5 Å². The van der Waals surface area contributed by atoms with Gasteiger partial charge in [-0.25, -0.2) is 4.79 Å². The number of hydrogen-bond acceptors (Lipinski definition) is 9. The average molecular weight is 556 g/mol. The van der Waals surface area contributed by atoms with Crippen LogP contribution in [0.2, 0.25) is 0 Å². The Labute approximate surface area is 224 Å². The van der Waals surface area contributed by atoms with Crippen LogP contribution in [0.25, 0.3) is 0 Å². The number of carbonyl (C=O) groups is 7. The molecule has 2 rings (SSSR count). The summed E-state index contributed by atoms with van der Waals surface area (Å²) in [5, 5.41) is 26.0. The van der Waals surface area contributed by atoms with E-state index in [1.807, 2.05) is 0 Å².